The second-order valence-corrected chi connectivity index (χ2v) is 8.69. The lowest BCUT2D eigenvalue weighted by Gasteiger charge is -2.38. The maximum atomic E-state index is 5.50. The van der Waals surface area contributed by atoms with Crippen molar-refractivity contribution >= 4 is 27.3 Å². The Morgan fingerprint density at radius 1 is 1.45 bits per heavy atom. The number of nitrogens with zero attached hydrogens (tertiary/aromatic N) is 1. The minimum atomic E-state index is 0.482. The molecule has 1 unspecified atom stereocenters. The van der Waals surface area contributed by atoms with Gasteiger partial charge in [-0.25, -0.2) is 0 Å². The number of ether oxygens (including phenoxy) is 1. The van der Waals surface area contributed by atoms with Crippen LogP contribution in [0.3, 0.4) is 0 Å². The van der Waals surface area contributed by atoms with E-state index in [1.54, 1.807) is 0 Å². The minimum absolute atomic E-state index is 0.482. The van der Waals surface area contributed by atoms with Crippen LogP contribution in [0.2, 0.25) is 0 Å². The molecule has 2 fully saturated rings. The maximum Gasteiger partial charge on any atom is 0.0701 e. The summed E-state index contributed by atoms with van der Waals surface area (Å²) in [6.07, 6.45) is 2.59. The zero-order valence-corrected chi connectivity index (χ0v) is 14.4. The number of methoxy groups -OCH3 is 1. The van der Waals surface area contributed by atoms with Gasteiger partial charge in [0.1, 0.15) is 0 Å². The normalized spacial score (nSPS) is 26.4. The van der Waals surface area contributed by atoms with Crippen molar-refractivity contribution in [2.24, 2.45) is 11.3 Å². The van der Waals surface area contributed by atoms with Gasteiger partial charge in [-0.15, -0.1) is 11.3 Å². The Labute approximate surface area is 133 Å². The van der Waals surface area contributed by atoms with Crippen molar-refractivity contribution in [1.82, 2.24) is 10.2 Å². The topological polar surface area (TPSA) is 24.5 Å². The van der Waals surface area contributed by atoms with Crippen LogP contribution >= 0.6 is 27.3 Å². The fourth-order valence-corrected chi connectivity index (χ4v) is 5.37. The molecule has 2 aliphatic rings. The number of hydrogen-bond donors (Lipinski definition) is 1. The number of nitrogens with one attached hydrogen (secondary N) is 1. The predicted molar refractivity (Wildman–Crippen MR) is 87.2 cm³/mol. The zero-order valence-electron chi connectivity index (χ0n) is 12.0. The number of piperidine rings is 1. The Hall–Kier alpha value is 0.0600. The van der Waals surface area contributed by atoms with Gasteiger partial charge < -0.3 is 10.1 Å². The second-order valence-electron chi connectivity index (χ2n) is 6.14. The van der Waals surface area contributed by atoms with Crippen molar-refractivity contribution in [2.45, 2.75) is 19.4 Å². The third-order valence-electron chi connectivity index (χ3n) is 4.86. The van der Waals surface area contributed by atoms with Crippen LogP contribution in [-0.4, -0.2) is 44.8 Å². The second kappa shape index (κ2) is 6.44. The summed E-state index contributed by atoms with van der Waals surface area (Å²) in [6, 6.07) is 4.40. The van der Waals surface area contributed by atoms with Crippen molar-refractivity contribution in [3.8, 4) is 0 Å². The van der Waals surface area contributed by atoms with E-state index < -0.39 is 0 Å². The first-order valence-electron chi connectivity index (χ1n) is 7.38. The molecule has 0 bridgehead atoms. The van der Waals surface area contributed by atoms with Crippen LogP contribution < -0.4 is 5.32 Å². The summed E-state index contributed by atoms with van der Waals surface area (Å²) in [5.41, 5.74) is 0.482. The molecule has 1 atom stereocenters. The minimum Gasteiger partial charge on any atom is -0.384 e. The smallest absolute Gasteiger partial charge is 0.0701 e. The third-order valence-corrected chi connectivity index (χ3v) is 6.47. The zero-order chi connectivity index (χ0) is 14.0. The number of likely N-dealkylation sites (tertiary alicyclic amines) is 1. The summed E-state index contributed by atoms with van der Waals surface area (Å²) in [7, 11) is 1.84. The number of hydrogen-bond acceptors (Lipinski definition) is 4. The fraction of sp³-hybridized carbons (Fsp3) is 0.733. The van der Waals surface area contributed by atoms with E-state index in [4.69, 9.17) is 4.74 Å². The Morgan fingerprint density at radius 3 is 2.90 bits per heavy atom. The molecule has 0 saturated carbocycles. The van der Waals surface area contributed by atoms with E-state index in [2.05, 4.69) is 38.3 Å². The standard InChI is InChI=1S/C15H23BrN2OS/c1-19-10-12-8-18(9-13-2-3-14(16)20-13)11-15(12)4-6-17-7-5-15/h2-3,12,17H,4-11H2,1H3. The Balaban J connectivity index is 1.69. The van der Waals surface area contributed by atoms with Crippen LogP contribution in [-0.2, 0) is 11.3 Å². The summed E-state index contributed by atoms with van der Waals surface area (Å²) in [5.74, 6) is 0.693. The third kappa shape index (κ3) is 3.12. The highest BCUT2D eigenvalue weighted by Crippen LogP contribution is 2.44. The quantitative estimate of drug-likeness (QED) is 0.895. The highest BCUT2D eigenvalue weighted by atomic mass is 79.9. The summed E-state index contributed by atoms with van der Waals surface area (Å²) in [5, 5.41) is 3.50. The van der Waals surface area contributed by atoms with Gasteiger partial charge in [0.25, 0.3) is 0 Å². The molecule has 20 heavy (non-hydrogen) atoms. The van der Waals surface area contributed by atoms with Crippen molar-refractivity contribution < 1.29 is 4.74 Å². The molecular weight excluding hydrogens is 336 g/mol. The van der Waals surface area contributed by atoms with E-state index in [0.29, 0.717) is 11.3 Å². The van der Waals surface area contributed by atoms with Gasteiger partial charge in [0.15, 0.2) is 0 Å². The van der Waals surface area contributed by atoms with E-state index in [1.807, 2.05) is 18.4 Å². The van der Waals surface area contributed by atoms with Gasteiger partial charge in [0.2, 0.25) is 0 Å². The molecule has 3 heterocycles. The highest BCUT2D eigenvalue weighted by Gasteiger charge is 2.46. The molecule has 1 aromatic heterocycles. The number of rotatable bonds is 4. The molecule has 3 rings (SSSR count). The monoisotopic (exact) mass is 358 g/mol. The van der Waals surface area contributed by atoms with Crippen LogP contribution in [0.5, 0.6) is 0 Å². The van der Waals surface area contributed by atoms with Crippen LogP contribution in [0.15, 0.2) is 15.9 Å². The molecule has 1 N–H and O–H groups in total. The SMILES string of the molecule is COCC1CN(Cc2ccc(Br)s2)CC12CCNCC2. The Morgan fingerprint density at radius 2 is 2.25 bits per heavy atom. The van der Waals surface area contributed by atoms with E-state index >= 15 is 0 Å². The Kier molecular flexibility index (Phi) is 4.82. The molecule has 0 aromatic carbocycles. The average molecular weight is 359 g/mol. The van der Waals surface area contributed by atoms with Crippen LogP contribution in [0, 0.1) is 11.3 Å². The van der Waals surface area contributed by atoms with Gasteiger partial charge in [-0.1, -0.05) is 0 Å². The maximum absolute atomic E-state index is 5.50. The van der Waals surface area contributed by atoms with Crippen LogP contribution in [0.25, 0.3) is 0 Å². The van der Waals surface area contributed by atoms with Crippen LogP contribution in [0.4, 0.5) is 0 Å². The molecule has 0 aliphatic carbocycles. The lowest BCUT2D eigenvalue weighted by molar-refractivity contribution is 0.0716. The summed E-state index contributed by atoms with van der Waals surface area (Å²) in [4.78, 5) is 4.09. The van der Waals surface area contributed by atoms with Gasteiger partial charge in [-0.2, -0.15) is 0 Å². The molecule has 0 amide bonds. The van der Waals surface area contributed by atoms with E-state index in [1.165, 1.54) is 47.7 Å². The van der Waals surface area contributed by atoms with Gasteiger partial charge in [0.05, 0.1) is 10.4 Å². The largest absolute Gasteiger partial charge is 0.384 e. The van der Waals surface area contributed by atoms with Crippen molar-refractivity contribution in [3.63, 3.8) is 0 Å². The summed E-state index contributed by atoms with van der Waals surface area (Å²) >= 11 is 5.42. The molecule has 112 valence electrons. The molecule has 2 aliphatic heterocycles. The van der Waals surface area contributed by atoms with E-state index in [-0.39, 0.29) is 0 Å². The van der Waals surface area contributed by atoms with Crippen molar-refractivity contribution in [2.75, 3.05) is 39.9 Å². The first-order valence-corrected chi connectivity index (χ1v) is 8.99. The molecule has 2 saturated heterocycles. The van der Waals surface area contributed by atoms with Gasteiger partial charge >= 0.3 is 0 Å². The molecule has 5 heteroatoms. The fourth-order valence-electron chi connectivity index (χ4n) is 3.84. The van der Waals surface area contributed by atoms with Gasteiger partial charge in [-0.3, -0.25) is 4.90 Å². The lowest BCUT2D eigenvalue weighted by Crippen LogP contribution is -2.43. The molecule has 0 radical (unpaired) electrons. The first kappa shape index (κ1) is 15.0. The number of thiophene rings is 1. The van der Waals surface area contributed by atoms with E-state index in [9.17, 15) is 0 Å². The van der Waals surface area contributed by atoms with Crippen molar-refractivity contribution in [1.29, 1.82) is 0 Å². The molecule has 1 aromatic rings. The average Bonchev–Trinajstić information content (AvgIpc) is 2.97. The molecule has 1 spiro atoms. The first-order chi connectivity index (χ1) is 9.72. The van der Waals surface area contributed by atoms with Crippen molar-refractivity contribution in [3.05, 3.63) is 20.8 Å². The van der Waals surface area contributed by atoms with Gasteiger partial charge in [-0.05, 0) is 59.4 Å². The highest BCUT2D eigenvalue weighted by molar-refractivity contribution is 9.11. The summed E-state index contributed by atoms with van der Waals surface area (Å²) < 4.78 is 6.74. The molecule has 3 nitrogen and oxygen atoms in total. The van der Waals surface area contributed by atoms with Gasteiger partial charge in [0, 0.05) is 37.5 Å². The Bertz CT molecular complexity index is 445. The van der Waals surface area contributed by atoms with Crippen LogP contribution in [0.1, 0.15) is 17.7 Å². The predicted octanol–water partition coefficient (Wildman–Crippen LogP) is 2.96. The lowest BCUT2D eigenvalue weighted by atomic mass is 9.71. The van der Waals surface area contributed by atoms with E-state index in [0.717, 1.165) is 13.2 Å². The molecular formula is C15H23BrN2OS. The summed E-state index contributed by atoms with van der Waals surface area (Å²) in [6.45, 7) is 6.75. The number of halogens is 1.